The number of hydrogen-bond donors (Lipinski definition) is 1. The van der Waals surface area contributed by atoms with Crippen LogP contribution in [0.4, 0.5) is 0 Å². The zero-order chi connectivity index (χ0) is 9.84. The number of terminal acetylenes is 1. The van der Waals surface area contributed by atoms with Crippen molar-refractivity contribution < 1.29 is 9.84 Å². The van der Waals surface area contributed by atoms with Crippen molar-refractivity contribution in [2.24, 2.45) is 0 Å². The normalized spacial score (nSPS) is 11.8. The molecule has 2 nitrogen and oxygen atoms in total. The number of benzene rings is 1. The Morgan fingerprint density at radius 1 is 1.62 bits per heavy atom. The monoisotopic (exact) mass is 196 g/mol. The standard InChI is InChI=1S/C10H9ClO2/c1-3-9(12)8-6-7(11)4-5-10(8)13-2/h1,4-6,9,12H,2H3. The molecule has 0 saturated heterocycles. The van der Waals surface area contributed by atoms with Crippen molar-refractivity contribution in [2.45, 2.75) is 6.10 Å². The first-order valence-electron chi connectivity index (χ1n) is 3.66. The smallest absolute Gasteiger partial charge is 0.143 e. The summed E-state index contributed by atoms with van der Waals surface area (Å²) < 4.78 is 5.01. The van der Waals surface area contributed by atoms with E-state index in [1.807, 2.05) is 0 Å². The molecule has 1 aromatic carbocycles. The molecule has 0 aliphatic heterocycles. The van der Waals surface area contributed by atoms with Gasteiger partial charge in [0.2, 0.25) is 0 Å². The Labute approximate surface area is 82.1 Å². The first-order valence-corrected chi connectivity index (χ1v) is 4.04. The predicted molar refractivity (Wildman–Crippen MR) is 51.8 cm³/mol. The number of aliphatic hydroxyl groups excluding tert-OH is 1. The molecule has 0 aromatic heterocycles. The molecule has 0 heterocycles. The largest absolute Gasteiger partial charge is 0.496 e. The molecule has 1 unspecified atom stereocenters. The molecule has 0 radical (unpaired) electrons. The molecule has 1 aromatic rings. The Morgan fingerprint density at radius 3 is 2.85 bits per heavy atom. The van der Waals surface area contributed by atoms with Crippen molar-refractivity contribution in [3.63, 3.8) is 0 Å². The number of ether oxygens (including phenoxy) is 1. The van der Waals surface area contributed by atoms with Crippen molar-refractivity contribution in [2.75, 3.05) is 7.11 Å². The SMILES string of the molecule is C#CC(O)c1cc(Cl)ccc1OC. The van der Waals surface area contributed by atoms with Crippen LogP contribution < -0.4 is 4.74 Å². The molecule has 0 bridgehead atoms. The minimum Gasteiger partial charge on any atom is -0.496 e. The van der Waals surface area contributed by atoms with Gasteiger partial charge in [0, 0.05) is 10.6 Å². The summed E-state index contributed by atoms with van der Waals surface area (Å²) in [5.74, 6) is 2.74. The summed E-state index contributed by atoms with van der Waals surface area (Å²) in [6.45, 7) is 0. The highest BCUT2D eigenvalue weighted by atomic mass is 35.5. The second-order valence-corrected chi connectivity index (χ2v) is 2.89. The van der Waals surface area contributed by atoms with Gasteiger partial charge in [-0.1, -0.05) is 17.5 Å². The fraction of sp³-hybridized carbons (Fsp3) is 0.200. The molecule has 0 aliphatic rings. The molecule has 1 N–H and O–H groups in total. The van der Waals surface area contributed by atoms with Crippen LogP contribution in [0.5, 0.6) is 5.75 Å². The van der Waals surface area contributed by atoms with E-state index < -0.39 is 6.10 Å². The molecule has 68 valence electrons. The summed E-state index contributed by atoms with van der Waals surface area (Å²) >= 11 is 5.74. The van der Waals surface area contributed by atoms with Gasteiger partial charge in [0.15, 0.2) is 0 Å². The first kappa shape index (κ1) is 9.91. The third kappa shape index (κ3) is 2.15. The van der Waals surface area contributed by atoms with Crippen LogP contribution in [0.2, 0.25) is 5.02 Å². The molecule has 0 amide bonds. The van der Waals surface area contributed by atoms with Crippen molar-refractivity contribution in [1.29, 1.82) is 0 Å². The van der Waals surface area contributed by atoms with Gasteiger partial charge >= 0.3 is 0 Å². The van der Waals surface area contributed by atoms with Gasteiger partial charge < -0.3 is 9.84 Å². The van der Waals surface area contributed by atoms with E-state index in [2.05, 4.69) is 5.92 Å². The number of rotatable bonds is 2. The van der Waals surface area contributed by atoms with E-state index >= 15 is 0 Å². The second-order valence-electron chi connectivity index (χ2n) is 2.46. The maximum absolute atomic E-state index is 9.39. The van der Waals surface area contributed by atoms with Crippen LogP contribution >= 0.6 is 11.6 Å². The minimum absolute atomic E-state index is 0.512. The molecule has 0 aliphatic carbocycles. The molecule has 0 fully saturated rings. The van der Waals surface area contributed by atoms with Gasteiger partial charge in [-0.25, -0.2) is 0 Å². The van der Waals surface area contributed by atoms with E-state index in [-0.39, 0.29) is 0 Å². The Morgan fingerprint density at radius 2 is 2.31 bits per heavy atom. The Hall–Kier alpha value is -1.17. The first-order chi connectivity index (χ1) is 6.19. The third-order valence-electron chi connectivity index (χ3n) is 1.64. The highest BCUT2D eigenvalue weighted by Gasteiger charge is 2.10. The van der Waals surface area contributed by atoms with Gasteiger partial charge in [-0.3, -0.25) is 0 Å². The maximum atomic E-state index is 9.39. The van der Waals surface area contributed by atoms with Crippen LogP contribution in [-0.4, -0.2) is 12.2 Å². The second kappa shape index (κ2) is 4.18. The van der Waals surface area contributed by atoms with E-state index in [1.165, 1.54) is 7.11 Å². The fourth-order valence-electron chi connectivity index (χ4n) is 1.01. The van der Waals surface area contributed by atoms with E-state index in [9.17, 15) is 5.11 Å². The fourth-order valence-corrected chi connectivity index (χ4v) is 1.19. The van der Waals surface area contributed by atoms with Crippen molar-refractivity contribution in [3.05, 3.63) is 28.8 Å². The van der Waals surface area contributed by atoms with Crippen LogP contribution in [0.15, 0.2) is 18.2 Å². The van der Waals surface area contributed by atoms with Crippen molar-refractivity contribution >= 4 is 11.6 Å². The summed E-state index contributed by atoms with van der Waals surface area (Å²) in [5.41, 5.74) is 0.512. The summed E-state index contributed by atoms with van der Waals surface area (Å²) in [6, 6.07) is 4.93. The van der Waals surface area contributed by atoms with E-state index in [0.717, 1.165) is 0 Å². The molecule has 1 atom stereocenters. The predicted octanol–water partition coefficient (Wildman–Crippen LogP) is 2.02. The van der Waals surface area contributed by atoms with Gasteiger partial charge in [-0.05, 0) is 18.2 Å². The van der Waals surface area contributed by atoms with Gasteiger partial charge in [0.25, 0.3) is 0 Å². The van der Waals surface area contributed by atoms with Crippen LogP contribution in [0.1, 0.15) is 11.7 Å². The van der Waals surface area contributed by atoms with E-state index in [4.69, 9.17) is 22.8 Å². The highest BCUT2D eigenvalue weighted by molar-refractivity contribution is 6.30. The molecule has 3 heteroatoms. The third-order valence-corrected chi connectivity index (χ3v) is 1.88. The molecule has 0 spiro atoms. The summed E-state index contributed by atoms with van der Waals surface area (Å²) in [6.07, 6.45) is 4.10. The lowest BCUT2D eigenvalue weighted by Crippen LogP contribution is -1.97. The average Bonchev–Trinajstić information content (AvgIpc) is 2.16. The van der Waals surface area contributed by atoms with E-state index in [0.29, 0.717) is 16.3 Å². The molecule has 1 rings (SSSR count). The quantitative estimate of drug-likeness (QED) is 0.734. The van der Waals surface area contributed by atoms with Crippen molar-refractivity contribution in [3.8, 4) is 18.1 Å². The lowest BCUT2D eigenvalue weighted by atomic mass is 10.1. The highest BCUT2D eigenvalue weighted by Crippen LogP contribution is 2.27. The van der Waals surface area contributed by atoms with Gasteiger partial charge in [0.05, 0.1) is 7.11 Å². The van der Waals surface area contributed by atoms with Gasteiger partial charge in [-0.2, -0.15) is 0 Å². The average molecular weight is 197 g/mol. The van der Waals surface area contributed by atoms with Gasteiger partial charge in [-0.15, -0.1) is 6.42 Å². The Bertz CT molecular complexity index is 341. The lowest BCUT2D eigenvalue weighted by molar-refractivity contribution is 0.232. The number of halogens is 1. The molecular weight excluding hydrogens is 188 g/mol. The van der Waals surface area contributed by atoms with Crippen molar-refractivity contribution in [1.82, 2.24) is 0 Å². The zero-order valence-electron chi connectivity index (χ0n) is 7.12. The van der Waals surface area contributed by atoms with Gasteiger partial charge in [0.1, 0.15) is 11.9 Å². The summed E-state index contributed by atoms with van der Waals surface area (Å²) in [7, 11) is 1.51. The molecule has 13 heavy (non-hydrogen) atoms. The Kier molecular flexibility index (Phi) is 3.18. The number of methoxy groups -OCH3 is 1. The number of hydrogen-bond acceptors (Lipinski definition) is 2. The van der Waals surface area contributed by atoms with Crippen LogP contribution in [0.3, 0.4) is 0 Å². The maximum Gasteiger partial charge on any atom is 0.143 e. The Balaban J connectivity index is 3.17. The number of aliphatic hydroxyl groups is 1. The van der Waals surface area contributed by atoms with E-state index in [1.54, 1.807) is 18.2 Å². The zero-order valence-corrected chi connectivity index (χ0v) is 7.88. The summed E-state index contributed by atoms with van der Waals surface area (Å²) in [4.78, 5) is 0. The summed E-state index contributed by atoms with van der Waals surface area (Å²) in [5, 5.41) is 9.91. The van der Waals surface area contributed by atoms with Crippen LogP contribution in [-0.2, 0) is 0 Å². The minimum atomic E-state index is -0.978. The molecular formula is C10H9ClO2. The van der Waals surface area contributed by atoms with Crippen LogP contribution in [0, 0.1) is 12.3 Å². The molecule has 0 saturated carbocycles. The van der Waals surface area contributed by atoms with Crippen LogP contribution in [0.25, 0.3) is 0 Å². The lowest BCUT2D eigenvalue weighted by Gasteiger charge is -2.09. The topological polar surface area (TPSA) is 29.5 Å².